The van der Waals surface area contributed by atoms with Gasteiger partial charge in [0.05, 0.1) is 0 Å². The van der Waals surface area contributed by atoms with E-state index in [1.807, 2.05) is 13.8 Å². The molecule has 0 atom stereocenters. The number of allylic oxidation sites excluding steroid dienone is 4. The van der Waals surface area contributed by atoms with Crippen molar-refractivity contribution in [2.45, 2.75) is 25.7 Å². The Morgan fingerprint density at radius 1 is 1.09 bits per heavy atom. The normalized spacial score (nSPS) is 17.5. The van der Waals surface area contributed by atoms with Crippen molar-refractivity contribution in [3.63, 3.8) is 0 Å². The minimum atomic E-state index is -3.96. The van der Waals surface area contributed by atoms with Gasteiger partial charge in [0.15, 0.2) is 5.78 Å². The van der Waals surface area contributed by atoms with Gasteiger partial charge in [0.25, 0.3) is 0 Å². The average molecular weight is 319 g/mol. The number of benzene rings is 1. The second kappa shape index (κ2) is 6.27. The van der Waals surface area contributed by atoms with E-state index in [0.717, 1.165) is 0 Å². The molecule has 0 saturated heterocycles. The molecule has 1 aliphatic rings. The molecule has 6 heteroatoms. The fourth-order valence-electron chi connectivity index (χ4n) is 1.96. The van der Waals surface area contributed by atoms with Crippen molar-refractivity contribution in [3.05, 3.63) is 53.6 Å². The maximum absolute atomic E-state index is 12.0. The maximum atomic E-state index is 12.0. The highest BCUT2D eigenvalue weighted by atomic mass is 32.2. The summed E-state index contributed by atoms with van der Waals surface area (Å²) in [5.74, 6) is -0.0647. The lowest BCUT2D eigenvalue weighted by Crippen LogP contribution is -2.16. The Kier molecular flexibility index (Phi) is 4.61. The summed E-state index contributed by atoms with van der Waals surface area (Å²) in [6.07, 6.45) is 3.01. The second-order valence-electron chi connectivity index (χ2n) is 5.26. The highest BCUT2D eigenvalue weighted by molar-refractivity contribution is 7.86. The quantitative estimate of drug-likeness (QED) is 0.632. The van der Waals surface area contributed by atoms with Crippen LogP contribution in [0.3, 0.4) is 0 Å². The largest absolute Gasteiger partial charge is 0.358 e. The van der Waals surface area contributed by atoms with Crippen LogP contribution in [0.25, 0.3) is 0 Å². The zero-order chi connectivity index (χ0) is 16.3. The van der Waals surface area contributed by atoms with E-state index in [9.17, 15) is 13.2 Å². The molecule has 0 unspecified atom stereocenters. The molecule has 116 valence electrons. The minimum Gasteiger partial charge on any atom is -0.290 e. The van der Waals surface area contributed by atoms with Crippen molar-refractivity contribution in [1.82, 2.24) is 0 Å². The third-order valence-electron chi connectivity index (χ3n) is 3.22. The van der Waals surface area contributed by atoms with E-state index in [-0.39, 0.29) is 16.6 Å². The molecule has 0 aromatic heterocycles. The molecule has 1 aromatic carbocycles. The SMILES string of the molecule is CC1=CC(=O)C(C(C)C)=C/C1=N/OS(=O)(=O)c1ccccc1. The molecular weight excluding hydrogens is 302 g/mol. The van der Waals surface area contributed by atoms with E-state index in [1.165, 1.54) is 18.2 Å². The number of carbonyl (C=O) groups excluding carboxylic acids is 1. The van der Waals surface area contributed by atoms with Crippen molar-refractivity contribution in [1.29, 1.82) is 0 Å². The van der Waals surface area contributed by atoms with E-state index < -0.39 is 10.1 Å². The molecule has 0 radical (unpaired) electrons. The summed E-state index contributed by atoms with van der Waals surface area (Å²) in [6, 6.07) is 7.77. The maximum Gasteiger partial charge on any atom is 0.358 e. The van der Waals surface area contributed by atoms with E-state index >= 15 is 0 Å². The van der Waals surface area contributed by atoms with Gasteiger partial charge in [-0.15, -0.1) is 0 Å². The zero-order valence-corrected chi connectivity index (χ0v) is 13.4. The van der Waals surface area contributed by atoms with Crippen molar-refractivity contribution in [2.75, 3.05) is 0 Å². The molecule has 0 amide bonds. The third kappa shape index (κ3) is 3.51. The molecule has 0 aliphatic heterocycles. The molecule has 2 rings (SSSR count). The summed E-state index contributed by atoms with van der Waals surface area (Å²) >= 11 is 0. The predicted octanol–water partition coefficient (Wildman–Crippen LogP) is 2.86. The van der Waals surface area contributed by atoms with Gasteiger partial charge in [-0.2, -0.15) is 8.42 Å². The van der Waals surface area contributed by atoms with Crippen LogP contribution in [0.15, 0.2) is 63.7 Å². The second-order valence-corrected chi connectivity index (χ2v) is 6.79. The summed E-state index contributed by atoms with van der Waals surface area (Å²) in [5, 5.41) is 3.71. The zero-order valence-electron chi connectivity index (χ0n) is 12.6. The first kappa shape index (κ1) is 16.2. The van der Waals surface area contributed by atoms with Crippen LogP contribution in [0.4, 0.5) is 0 Å². The highest BCUT2D eigenvalue weighted by Gasteiger charge is 2.21. The fourth-order valence-corrected chi connectivity index (χ4v) is 2.71. The van der Waals surface area contributed by atoms with Gasteiger partial charge >= 0.3 is 10.1 Å². The van der Waals surface area contributed by atoms with E-state index in [0.29, 0.717) is 16.9 Å². The molecule has 0 saturated carbocycles. The summed E-state index contributed by atoms with van der Waals surface area (Å²) in [7, 11) is -3.96. The summed E-state index contributed by atoms with van der Waals surface area (Å²) in [6.45, 7) is 5.46. The summed E-state index contributed by atoms with van der Waals surface area (Å²) in [5.41, 5.74) is 1.48. The van der Waals surface area contributed by atoms with Crippen molar-refractivity contribution in [3.8, 4) is 0 Å². The number of carbonyl (C=O) groups is 1. The number of hydrogen-bond donors (Lipinski definition) is 0. The first-order valence-corrected chi connectivity index (χ1v) is 8.23. The van der Waals surface area contributed by atoms with Crippen LogP contribution in [-0.2, 0) is 19.2 Å². The molecule has 0 spiro atoms. The van der Waals surface area contributed by atoms with Crippen LogP contribution in [-0.4, -0.2) is 19.9 Å². The van der Waals surface area contributed by atoms with E-state index in [1.54, 1.807) is 31.2 Å². The molecule has 22 heavy (non-hydrogen) atoms. The molecule has 5 nitrogen and oxygen atoms in total. The Labute approximate surface area is 130 Å². The monoisotopic (exact) mass is 319 g/mol. The van der Waals surface area contributed by atoms with Gasteiger partial charge in [0.1, 0.15) is 10.6 Å². The molecule has 0 heterocycles. The molecule has 0 fully saturated rings. The van der Waals surface area contributed by atoms with Crippen molar-refractivity contribution >= 4 is 21.6 Å². The van der Waals surface area contributed by atoms with Crippen LogP contribution < -0.4 is 0 Å². The van der Waals surface area contributed by atoms with Crippen LogP contribution in [0.1, 0.15) is 20.8 Å². The third-order valence-corrected chi connectivity index (χ3v) is 4.34. The summed E-state index contributed by atoms with van der Waals surface area (Å²) in [4.78, 5) is 11.9. The van der Waals surface area contributed by atoms with Crippen LogP contribution >= 0.6 is 0 Å². The smallest absolute Gasteiger partial charge is 0.290 e. The van der Waals surface area contributed by atoms with Crippen LogP contribution in [0, 0.1) is 5.92 Å². The number of rotatable bonds is 4. The minimum absolute atomic E-state index is 0.0211. The first-order chi connectivity index (χ1) is 10.3. The van der Waals surface area contributed by atoms with Crippen molar-refractivity contribution < 1.29 is 17.5 Å². The Bertz CT molecular complexity index is 772. The van der Waals surface area contributed by atoms with E-state index in [2.05, 4.69) is 5.16 Å². The van der Waals surface area contributed by atoms with Crippen LogP contribution in [0.5, 0.6) is 0 Å². The van der Waals surface area contributed by atoms with Gasteiger partial charge in [-0.1, -0.05) is 37.2 Å². The van der Waals surface area contributed by atoms with Gasteiger partial charge in [0, 0.05) is 5.57 Å². The number of hydrogen-bond acceptors (Lipinski definition) is 5. The number of ketones is 1. The van der Waals surface area contributed by atoms with Gasteiger partial charge in [-0.3, -0.25) is 9.08 Å². The fraction of sp³-hybridized carbons (Fsp3) is 0.250. The number of nitrogens with zero attached hydrogens (tertiary/aromatic N) is 1. The molecule has 1 aromatic rings. The van der Waals surface area contributed by atoms with Crippen molar-refractivity contribution in [2.24, 2.45) is 11.1 Å². The lowest BCUT2D eigenvalue weighted by Gasteiger charge is -2.14. The Morgan fingerprint density at radius 2 is 1.73 bits per heavy atom. The van der Waals surface area contributed by atoms with Gasteiger partial charge < -0.3 is 0 Å². The Balaban J connectivity index is 2.30. The van der Waals surface area contributed by atoms with Gasteiger partial charge in [0.2, 0.25) is 0 Å². The van der Waals surface area contributed by atoms with Crippen LogP contribution in [0.2, 0.25) is 0 Å². The molecule has 1 aliphatic carbocycles. The average Bonchev–Trinajstić information content (AvgIpc) is 2.47. The first-order valence-electron chi connectivity index (χ1n) is 6.82. The highest BCUT2D eigenvalue weighted by Crippen LogP contribution is 2.20. The van der Waals surface area contributed by atoms with E-state index in [4.69, 9.17) is 4.28 Å². The van der Waals surface area contributed by atoms with Gasteiger partial charge in [-0.05, 0) is 42.7 Å². The predicted molar refractivity (Wildman–Crippen MR) is 83.8 cm³/mol. The molecule has 0 bridgehead atoms. The lowest BCUT2D eigenvalue weighted by atomic mass is 9.90. The lowest BCUT2D eigenvalue weighted by molar-refractivity contribution is -0.111. The number of oxime groups is 1. The summed E-state index contributed by atoms with van der Waals surface area (Å²) < 4.78 is 28.8. The Hall–Kier alpha value is -2.21. The topological polar surface area (TPSA) is 72.8 Å². The van der Waals surface area contributed by atoms with Gasteiger partial charge in [-0.25, -0.2) is 0 Å². The molecular formula is C16H17NO4S. The standard InChI is InChI=1S/C16H17NO4S/c1-11(2)14-10-15(12(3)9-16(14)18)17-21-22(19,20)13-7-5-4-6-8-13/h4-11H,1-3H3/b17-15-. The Morgan fingerprint density at radius 3 is 2.32 bits per heavy atom. The molecule has 0 N–H and O–H groups in total.